The van der Waals surface area contributed by atoms with Gasteiger partial charge < -0.3 is 5.11 Å². The zero-order valence-corrected chi connectivity index (χ0v) is 15.8. The fourth-order valence-electron chi connectivity index (χ4n) is 2.69. The normalized spacial score (nSPS) is 16.6. The summed E-state index contributed by atoms with van der Waals surface area (Å²) in [6.07, 6.45) is 1.55. The van der Waals surface area contributed by atoms with Crippen molar-refractivity contribution in [3.8, 4) is 0 Å². The number of hydrogen-bond acceptors (Lipinski definition) is 5. The molecule has 1 fully saturated rings. The molecule has 25 heavy (non-hydrogen) atoms. The molecule has 0 unspecified atom stereocenters. The van der Waals surface area contributed by atoms with E-state index in [2.05, 4.69) is 0 Å². The third-order valence-electron chi connectivity index (χ3n) is 3.98. The number of carboxylic acid groups (broad SMARTS) is 1. The van der Waals surface area contributed by atoms with Gasteiger partial charge in [-0.25, -0.2) is 16.8 Å². The van der Waals surface area contributed by atoms with E-state index in [1.807, 2.05) is 0 Å². The number of carboxylic acids is 1. The Labute approximate surface area is 148 Å². The van der Waals surface area contributed by atoms with Crippen LogP contribution in [0.4, 0.5) is 0 Å². The van der Waals surface area contributed by atoms with Gasteiger partial charge >= 0.3 is 5.97 Å². The van der Waals surface area contributed by atoms with Crippen molar-refractivity contribution >= 4 is 26.0 Å². The number of nitrogens with zero attached hydrogens (tertiary/aromatic N) is 2. The van der Waals surface area contributed by atoms with E-state index in [4.69, 9.17) is 5.11 Å². The number of hydrogen-bond donors (Lipinski definition) is 1. The molecule has 10 heteroatoms. The summed E-state index contributed by atoms with van der Waals surface area (Å²) < 4.78 is 52.9. The third kappa shape index (κ3) is 4.20. The summed E-state index contributed by atoms with van der Waals surface area (Å²) in [6, 6.07) is 4.49. The van der Waals surface area contributed by atoms with Gasteiger partial charge in [0.05, 0.1) is 9.79 Å². The Morgan fingerprint density at radius 2 is 1.72 bits per heavy atom. The van der Waals surface area contributed by atoms with Crippen LogP contribution in [-0.4, -0.2) is 62.2 Å². The molecule has 0 saturated carbocycles. The molecule has 0 radical (unpaired) electrons. The van der Waals surface area contributed by atoms with Crippen LogP contribution in [0.2, 0.25) is 0 Å². The maximum Gasteiger partial charge on any atom is 0.318 e. The highest BCUT2D eigenvalue weighted by Crippen LogP contribution is 2.25. The molecule has 0 spiro atoms. The maximum atomic E-state index is 12.8. The summed E-state index contributed by atoms with van der Waals surface area (Å²) >= 11 is 0. The number of rotatable bonds is 7. The van der Waals surface area contributed by atoms with E-state index in [0.29, 0.717) is 13.1 Å². The minimum absolute atomic E-state index is 0.102. The van der Waals surface area contributed by atoms with Gasteiger partial charge in [0.2, 0.25) is 20.0 Å². The van der Waals surface area contributed by atoms with E-state index in [1.54, 1.807) is 13.8 Å². The lowest BCUT2D eigenvalue weighted by atomic mass is 10.4. The summed E-state index contributed by atoms with van der Waals surface area (Å²) in [4.78, 5) is 10.6. The highest BCUT2D eigenvalue weighted by atomic mass is 32.2. The van der Waals surface area contributed by atoms with Gasteiger partial charge in [-0.05, 0) is 44.9 Å². The summed E-state index contributed by atoms with van der Waals surface area (Å²) in [7, 11) is -7.89. The lowest BCUT2D eigenvalue weighted by Gasteiger charge is -2.24. The van der Waals surface area contributed by atoms with Crippen molar-refractivity contribution in [1.29, 1.82) is 0 Å². The molecule has 1 aliphatic rings. The van der Waals surface area contributed by atoms with Crippen LogP contribution in [0, 0.1) is 0 Å². The Bertz CT molecular complexity index is 843. The molecule has 2 rings (SSSR count). The summed E-state index contributed by atoms with van der Waals surface area (Å²) in [5.41, 5.74) is 0. The fourth-order valence-corrected chi connectivity index (χ4v) is 5.96. The van der Waals surface area contributed by atoms with E-state index < -0.39 is 38.6 Å². The predicted octanol–water partition coefficient (Wildman–Crippen LogP) is 0.955. The molecule has 0 amide bonds. The number of benzene rings is 1. The minimum atomic E-state index is -4.13. The number of aliphatic carboxylic acids is 1. The Balaban J connectivity index is 2.44. The van der Waals surface area contributed by atoms with Crippen molar-refractivity contribution in [2.24, 2.45) is 0 Å². The molecule has 1 aliphatic heterocycles. The summed E-state index contributed by atoms with van der Waals surface area (Å²) in [6.45, 7) is 3.26. The average Bonchev–Trinajstić information content (AvgIpc) is 3.07. The summed E-state index contributed by atoms with van der Waals surface area (Å²) in [5, 5.41) is 8.96. The van der Waals surface area contributed by atoms with E-state index in [0.717, 1.165) is 23.2 Å². The van der Waals surface area contributed by atoms with Gasteiger partial charge in [0.1, 0.15) is 6.54 Å². The highest BCUT2D eigenvalue weighted by Gasteiger charge is 2.32. The predicted molar refractivity (Wildman–Crippen MR) is 91.1 cm³/mol. The Morgan fingerprint density at radius 1 is 1.16 bits per heavy atom. The average molecular weight is 390 g/mol. The summed E-state index contributed by atoms with van der Waals surface area (Å²) in [5.74, 6) is -1.28. The van der Waals surface area contributed by atoms with E-state index in [-0.39, 0.29) is 9.79 Å². The zero-order valence-electron chi connectivity index (χ0n) is 14.1. The fraction of sp³-hybridized carbons (Fsp3) is 0.533. The van der Waals surface area contributed by atoms with Crippen LogP contribution in [0.1, 0.15) is 26.7 Å². The van der Waals surface area contributed by atoms with Gasteiger partial charge in [-0.3, -0.25) is 4.79 Å². The van der Waals surface area contributed by atoms with E-state index in [9.17, 15) is 21.6 Å². The topological polar surface area (TPSA) is 112 Å². The van der Waals surface area contributed by atoms with Gasteiger partial charge in [-0.15, -0.1) is 0 Å². The first kappa shape index (κ1) is 19.8. The second-order valence-corrected chi connectivity index (χ2v) is 9.95. The van der Waals surface area contributed by atoms with Gasteiger partial charge in [-0.2, -0.15) is 8.61 Å². The quantitative estimate of drug-likeness (QED) is 0.742. The smallest absolute Gasteiger partial charge is 0.318 e. The van der Waals surface area contributed by atoms with E-state index >= 15 is 0 Å². The molecule has 8 nitrogen and oxygen atoms in total. The molecule has 0 aromatic heterocycles. The molecule has 1 aromatic rings. The third-order valence-corrected chi connectivity index (χ3v) is 7.89. The second-order valence-electron chi connectivity index (χ2n) is 6.12. The van der Waals surface area contributed by atoms with Crippen molar-refractivity contribution in [2.45, 2.75) is 42.5 Å². The van der Waals surface area contributed by atoms with Crippen LogP contribution >= 0.6 is 0 Å². The van der Waals surface area contributed by atoms with Crippen LogP contribution in [-0.2, 0) is 24.8 Å². The lowest BCUT2D eigenvalue weighted by molar-refractivity contribution is -0.137. The largest absolute Gasteiger partial charge is 0.480 e. The van der Waals surface area contributed by atoms with Crippen LogP contribution in [0.5, 0.6) is 0 Å². The van der Waals surface area contributed by atoms with Crippen LogP contribution in [0.25, 0.3) is 0 Å². The second kappa shape index (κ2) is 7.40. The lowest BCUT2D eigenvalue weighted by Crippen LogP contribution is -2.40. The van der Waals surface area contributed by atoms with Crippen molar-refractivity contribution in [3.05, 3.63) is 24.3 Å². The van der Waals surface area contributed by atoms with Crippen molar-refractivity contribution in [3.63, 3.8) is 0 Å². The SMILES string of the molecule is CC(C)N(CC(=O)O)S(=O)(=O)c1cccc(S(=O)(=O)N2CCCC2)c1. The first-order chi connectivity index (χ1) is 11.6. The molecule has 1 N–H and O–H groups in total. The number of sulfonamides is 2. The van der Waals surface area contributed by atoms with Crippen LogP contribution in [0.3, 0.4) is 0 Å². The van der Waals surface area contributed by atoms with Crippen LogP contribution in [0.15, 0.2) is 34.1 Å². The molecule has 1 aromatic carbocycles. The van der Waals surface area contributed by atoms with Gasteiger partial charge in [0.15, 0.2) is 0 Å². The molecule has 0 atom stereocenters. The standard InChI is InChI=1S/C15H22N2O6S2/c1-12(2)17(11-15(18)19)25(22,23)14-7-5-6-13(10-14)24(20,21)16-8-3-4-9-16/h5-7,10,12H,3-4,8-9,11H2,1-2H3,(H,18,19). The molecule has 0 bridgehead atoms. The first-order valence-corrected chi connectivity index (χ1v) is 10.8. The Kier molecular flexibility index (Phi) is 5.87. The van der Waals surface area contributed by atoms with Crippen molar-refractivity contribution in [1.82, 2.24) is 8.61 Å². The number of carbonyl (C=O) groups is 1. The van der Waals surface area contributed by atoms with E-state index in [1.165, 1.54) is 22.5 Å². The van der Waals surface area contributed by atoms with Crippen molar-refractivity contribution in [2.75, 3.05) is 19.6 Å². The molecule has 1 heterocycles. The van der Waals surface area contributed by atoms with Crippen molar-refractivity contribution < 1.29 is 26.7 Å². The molecular formula is C15H22N2O6S2. The minimum Gasteiger partial charge on any atom is -0.480 e. The van der Waals surface area contributed by atoms with Gasteiger partial charge in [0, 0.05) is 19.1 Å². The molecule has 0 aliphatic carbocycles. The molecular weight excluding hydrogens is 368 g/mol. The maximum absolute atomic E-state index is 12.8. The Morgan fingerprint density at radius 3 is 2.24 bits per heavy atom. The van der Waals surface area contributed by atoms with Crippen LogP contribution < -0.4 is 0 Å². The highest BCUT2D eigenvalue weighted by molar-refractivity contribution is 7.90. The zero-order chi connectivity index (χ0) is 18.8. The monoisotopic (exact) mass is 390 g/mol. The first-order valence-electron chi connectivity index (χ1n) is 7.90. The van der Waals surface area contributed by atoms with Gasteiger partial charge in [0.25, 0.3) is 0 Å². The van der Waals surface area contributed by atoms with Gasteiger partial charge in [-0.1, -0.05) is 6.07 Å². The molecule has 1 saturated heterocycles. The Hall–Kier alpha value is -1.49. The molecule has 140 valence electrons.